The second-order valence-corrected chi connectivity index (χ2v) is 8.12. The average molecular weight is 439 g/mol. The highest BCUT2D eigenvalue weighted by Gasteiger charge is 2.48. The Hall–Kier alpha value is -3.59. The number of aliphatic hydroxyl groups is 1. The monoisotopic (exact) mass is 439 g/mol. The van der Waals surface area contributed by atoms with Gasteiger partial charge in [-0.15, -0.1) is 11.3 Å². The van der Waals surface area contributed by atoms with Crippen molar-refractivity contribution in [2.75, 3.05) is 12.0 Å². The van der Waals surface area contributed by atoms with Gasteiger partial charge in [0.1, 0.15) is 5.76 Å². The molecule has 0 bridgehead atoms. The molecule has 0 radical (unpaired) electrons. The molecule has 1 amide bonds. The summed E-state index contributed by atoms with van der Waals surface area (Å²) in [5.41, 5.74) is 1.22. The summed E-state index contributed by atoms with van der Waals surface area (Å²) in [5, 5.41) is 11.3. The van der Waals surface area contributed by atoms with E-state index in [0.717, 1.165) is 16.6 Å². The fourth-order valence-electron chi connectivity index (χ4n) is 3.42. The van der Waals surface area contributed by atoms with Crippen molar-refractivity contribution in [1.82, 2.24) is 9.97 Å². The number of rotatable bonds is 4. The fraction of sp³-hybridized carbons (Fsp3) is 0.182. The minimum atomic E-state index is -0.932. The van der Waals surface area contributed by atoms with Gasteiger partial charge < -0.3 is 9.84 Å². The Balaban J connectivity index is 1.93. The molecule has 1 aromatic carbocycles. The molecule has 3 aromatic rings. The molecule has 3 heterocycles. The predicted octanol–water partition coefficient (Wildman–Crippen LogP) is 3.93. The molecule has 1 atom stereocenters. The standard InChI is InChI=1S/C22H18FN3O4S/c1-11-12(2)31-22(25-11)26-18(13-6-8-24-9-7-13)17(20(28)21(26)29)19(27)14-4-5-16(30-3)15(23)10-14/h4-10,18,27H,1-3H3/b19-17+. The first-order valence-corrected chi connectivity index (χ1v) is 10.1. The van der Waals surface area contributed by atoms with E-state index in [1.54, 1.807) is 12.1 Å². The van der Waals surface area contributed by atoms with Crippen molar-refractivity contribution in [3.63, 3.8) is 0 Å². The smallest absolute Gasteiger partial charge is 0.301 e. The minimum absolute atomic E-state index is 0.00331. The molecule has 4 rings (SSSR count). The number of hydrogen-bond donors (Lipinski definition) is 1. The molecule has 0 saturated carbocycles. The van der Waals surface area contributed by atoms with E-state index in [4.69, 9.17) is 4.74 Å². The van der Waals surface area contributed by atoms with Gasteiger partial charge in [-0.3, -0.25) is 19.5 Å². The van der Waals surface area contributed by atoms with Crippen LogP contribution >= 0.6 is 11.3 Å². The number of hydrogen-bond acceptors (Lipinski definition) is 7. The molecular formula is C22H18FN3O4S. The van der Waals surface area contributed by atoms with E-state index < -0.39 is 29.3 Å². The van der Waals surface area contributed by atoms with Gasteiger partial charge in [0.25, 0.3) is 5.78 Å². The zero-order valence-electron chi connectivity index (χ0n) is 16.9. The maximum Gasteiger partial charge on any atom is 0.301 e. The largest absolute Gasteiger partial charge is 0.507 e. The number of Topliss-reactive ketones (excluding diaryl/α,β-unsaturated/α-hetero) is 1. The van der Waals surface area contributed by atoms with Crippen LogP contribution in [0, 0.1) is 19.7 Å². The summed E-state index contributed by atoms with van der Waals surface area (Å²) in [6, 6.07) is 6.19. The van der Waals surface area contributed by atoms with Crippen molar-refractivity contribution in [2.45, 2.75) is 19.9 Å². The van der Waals surface area contributed by atoms with Gasteiger partial charge in [-0.05, 0) is 49.7 Å². The van der Waals surface area contributed by atoms with Gasteiger partial charge in [-0.1, -0.05) is 0 Å². The van der Waals surface area contributed by atoms with Crippen LogP contribution in [0.15, 0.2) is 48.3 Å². The van der Waals surface area contributed by atoms with Crippen LogP contribution in [0.1, 0.15) is 27.7 Å². The molecular weight excluding hydrogens is 421 g/mol. The molecule has 9 heteroatoms. The van der Waals surface area contributed by atoms with Crippen molar-refractivity contribution < 1.29 is 23.8 Å². The summed E-state index contributed by atoms with van der Waals surface area (Å²) in [4.78, 5) is 36.6. The molecule has 0 aliphatic carbocycles. The third-order valence-corrected chi connectivity index (χ3v) is 6.19. The van der Waals surface area contributed by atoms with E-state index in [1.165, 1.54) is 47.9 Å². The van der Waals surface area contributed by atoms with Gasteiger partial charge in [0, 0.05) is 22.8 Å². The summed E-state index contributed by atoms with van der Waals surface area (Å²) in [5.74, 6) is -2.87. The van der Waals surface area contributed by atoms with Crippen molar-refractivity contribution in [2.24, 2.45) is 0 Å². The van der Waals surface area contributed by atoms with Crippen LogP contribution in [-0.2, 0) is 9.59 Å². The third-order valence-electron chi connectivity index (χ3n) is 5.11. The number of pyridine rings is 1. The number of halogens is 1. The van der Waals surface area contributed by atoms with Crippen LogP contribution in [0.4, 0.5) is 9.52 Å². The Morgan fingerprint density at radius 3 is 2.48 bits per heavy atom. The van der Waals surface area contributed by atoms with Crippen molar-refractivity contribution in [3.05, 3.63) is 75.8 Å². The van der Waals surface area contributed by atoms with Crippen LogP contribution in [0.5, 0.6) is 5.75 Å². The summed E-state index contributed by atoms with van der Waals surface area (Å²) >= 11 is 1.28. The number of carbonyl (C=O) groups excluding carboxylic acids is 2. The Kier molecular flexibility index (Phi) is 5.28. The number of aryl methyl sites for hydroxylation is 2. The van der Waals surface area contributed by atoms with Crippen LogP contribution in [0.25, 0.3) is 5.76 Å². The number of aromatic nitrogens is 2. The highest BCUT2D eigenvalue weighted by molar-refractivity contribution is 7.16. The van der Waals surface area contributed by atoms with Crippen molar-refractivity contribution in [3.8, 4) is 5.75 Å². The lowest BCUT2D eigenvalue weighted by atomic mass is 9.96. The number of aliphatic hydroxyl groups excluding tert-OH is 1. The zero-order chi connectivity index (χ0) is 22.3. The van der Waals surface area contributed by atoms with Crippen molar-refractivity contribution >= 4 is 33.9 Å². The van der Waals surface area contributed by atoms with Gasteiger partial charge in [-0.2, -0.15) is 0 Å². The predicted molar refractivity (Wildman–Crippen MR) is 114 cm³/mol. The summed E-state index contributed by atoms with van der Waals surface area (Å²) in [6.07, 6.45) is 3.06. The summed E-state index contributed by atoms with van der Waals surface area (Å²) in [6.45, 7) is 3.68. The molecule has 2 aromatic heterocycles. The van der Waals surface area contributed by atoms with Gasteiger partial charge in [0.15, 0.2) is 16.7 Å². The molecule has 1 fully saturated rings. The quantitative estimate of drug-likeness (QED) is 0.376. The van der Waals surface area contributed by atoms with Crippen molar-refractivity contribution in [1.29, 1.82) is 0 Å². The Bertz CT molecular complexity index is 1200. The first kappa shape index (κ1) is 20.7. The lowest BCUT2D eigenvalue weighted by molar-refractivity contribution is -0.132. The molecule has 1 aliphatic rings. The number of nitrogens with zero attached hydrogens (tertiary/aromatic N) is 3. The molecule has 7 nitrogen and oxygen atoms in total. The normalized spacial score (nSPS) is 17.9. The first-order chi connectivity index (χ1) is 14.8. The van der Waals surface area contributed by atoms with E-state index in [9.17, 15) is 19.1 Å². The second kappa shape index (κ2) is 7.92. The number of anilines is 1. The van der Waals surface area contributed by atoms with E-state index >= 15 is 0 Å². The Morgan fingerprint density at radius 2 is 1.90 bits per heavy atom. The van der Waals surface area contributed by atoms with Gasteiger partial charge in [-0.25, -0.2) is 9.37 Å². The van der Waals surface area contributed by atoms with E-state index in [2.05, 4.69) is 9.97 Å². The Morgan fingerprint density at radius 1 is 1.19 bits per heavy atom. The minimum Gasteiger partial charge on any atom is -0.507 e. The summed E-state index contributed by atoms with van der Waals surface area (Å²) < 4.78 is 19.1. The van der Waals surface area contributed by atoms with Crippen LogP contribution < -0.4 is 9.64 Å². The van der Waals surface area contributed by atoms with E-state index in [0.29, 0.717) is 10.7 Å². The SMILES string of the molecule is COc1ccc(/C(O)=C2\C(=O)C(=O)N(c3nc(C)c(C)s3)C2c2ccncc2)cc1F. The van der Waals surface area contributed by atoms with Crippen LogP contribution in [0.3, 0.4) is 0 Å². The molecule has 1 unspecified atom stereocenters. The molecule has 1 N–H and O–H groups in total. The molecule has 0 spiro atoms. The van der Waals surface area contributed by atoms with Crippen LogP contribution in [0.2, 0.25) is 0 Å². The highest BCUT2D eigenvalue weighted by atomic mass is 32.1. The van der Waals surface area contributed by atoms with E-state index in [-0.39, 0.29) is 16.9 Å². The van der Waals surface area contributed by atoms with Gasteiger partial charge in [0.2, 0.25) is 0 Å². The topological polar surface area (TPSA) is 92.6 Å². The number of ketones is 1. The zero-order valence-corrected chi connectivity index (χ0v) is 17.7. The second-order valence-electron chi connectivity index (χ2n) is 6.94. The number of ether oxygens (including phenoxy) is 1. The van der Waals surface area contributed by atoms with Crippen LogP contribution in [-0.4, -0.2) is 33.9 Å². The maximum atomic E-state index is 14.2. The number of methoxy groups -OCH3 is 1. The number of benzene rings is 1. The first-order valence-electron chi connectivity index (χ1n) is 9.32. The number of thiazole rings is 1. The lowest BCUT2D eigenvalue weighted by Crippen LogP contribution is -2.29. The molecule has 1 aliphatic heterocycles. The number of carbonyl (C=O) groups is 2. The molecule has 31 heavy (non-hydrogen) atoms. The lowest BCUT2D eigenvalue weighted by Gasteiger charge is -2.22. The Labute approximate surface area is 181 Å². The molecule has 158 valence electrons. The third kappa shape index (κ3) is 3.46. The highest BCUT2D eigenvalue weighted by Crippen LogP contribution is 2.43. The molecule has 1 saturated heterocycles. The van der Waals surface area contributed by atoms with Gasteiger partial charge in [0.05, 0.1) is 24.4 Å². The fourth-order valence-corrected chi connectivity index (χ4v) is 4.36. The number of amides is 1. The van der Waals surface area contributed by atoms with Gasteiger partial charge >= 0.3 is 5.91 Å². The summed E-state index contributed by atoms with van der Waals surface area (Å²) in [7, 11) is 1.32. The van der Waals surface area contributed by atoms with E-state index in [1.807, 2.05) is 13.8 Å². The maximum absolute atomic E-state index is 14.2. The average Bonchev–Trinajstić information content (AvgIpc) is 3.23.